The maximum absolute atomic E-state index is 12.2. The van der Waals surface area contributed by atoms with Crippen LogP contribution in [-0.4, -0.2) is 11.2 Å². The van der Waals surface area contributed by atoms with Gasteiger partial charge < -0.3 is 9.84 Å². The Balaban J connectivity index is 2.08. The van der Waals surface area contributed by atoms with Crippen molar-refractivity contribution in [3.63, 3.8) is 0 Å². The number of aliphatic hydroxyl groups is 1. The van der Waals surface area contributed by atoms with Crippen LogP contribution in [0.25, 0.3) is 0 Å². The molecule has 4 heteroatoms. The number of ether oxygens (including phenoxy) is 1. The van der Waals surface area contributed by atoms with Crippen molar-refractivity contribution in [2.45, 2.75) is 52.6 Å². The summed E-state index contributed by atoms with van der Waals surface area (Å²) in [6, 6.07) is 14.8. The summed E-state index contributed by atoms with van der Waals surface area (Å²) in [5, 5.41) is 13.6. The predicted octanol–water partition coefficient (Wildman–Crippen LogP) is 5.67. The van der Waals surface area contributed by atoms with Gasteiger partial charge in [-0.3, -0.25) is 5.32 Å². The second-order valence-electron chi connectivity index (χ2n) is 7.25. The highest BCUT2D eigenvalue weighted by molar-refractivity contribution is 5.86. The molecule has 0 saturated heterocycles. The molecule has 0 heterocycles. The molecule has 26 heavy (non-hydrogen) atoms. The average molecular weight is 355 g/mol. The molecule has 140 valence electrons. The molecule has 0 bridgehead atoms. The van der Waals surface area contributed by atoms with E-state index in [1.54, 1.807) is 18.2 Å². The van der Waals surface area contributed by atoms with E-state index in [1.807, 2.05) is 51.1 Å². The van der Waals surface area contributed by atoms with Gasteiger partial charge in [0, 0.05) is 5.69 Å². The summed E-state index contributed by atoms with van der Waals surface area (Å²) >= 11 is 0. The number of carbonyl (C=O) groups is 1. The van der Waals surface area contributed by atoms with Crippen LogP contribution in [0.3, 0.4) is 0 Å². The molecular weight excluding hydrogens is 326 g/mol. The van der Waals surface area contributed by atoms with Crippen molar-refractivity contribution < 1.29 is 14.6 Å². The molecule has 0 aliphatic carbocycles. The normalized spacial score (nSPS) is 13.5. The van der Waals surface area contributed by atoms with Gasteiger partial charge in [-0.25, -0.2) is 4.79 Å². The van der Waals surface area contributed by atoms with Crippen LogP contribution in [0.5, 0.6) is 5.75 Å². The van der Waals surface area contributed by atoms with Gasteiger partial charge in [-0.2, -0.15) is 0 Å². The van der Waals surface area contributed by atoms with Gasteiger partial charge in [-0.05, 0) is 53.6 Å². The number of benzene rings is 2. The van der Waals surface area contributed by atoms with Gasteiger partial charge in [0.05, 0.1) is 5.60 Å². The van der Waals surface area contributed by atoms with E-state index >= 15 is 0 Å². The Morgan fingerprint density at radius 2 is 1.77 bits per heavy atom. The standard InChI is InChI=1S/C22H29NO3/c1-6-22(25,16(4)5)18-8-7-9-20(14-18)26-21(24)23-19-12-10-17(11-13-19)15(2)3/h7-16,25H,6H2,1-5H3,(H,23,24). The molecule has 0 saturated carbocycles. The molecule has 4 nitrogen and oxygen atoms in total. The summed E-state index contributed by atoms with van der Waals surface area (Å²) in [6.45, 7) is 10.1. The fourth-order valence-corrected chi connectivity index (χ4v) is 2.98. The van der Waals surface area contributed by atoms with Crippen LogP contribution in [0.4, 0.5) is 10.5 Å². The fraction of sp³-hybridized carbons (Fsp3) is 0.409. The van der Waals surface area contributed by atoms with Gasteiger partial charge in [-0.15, -0.1) is 0 Å². The maximum Gasteiger partial charge on any atom is 0.417 e. The van der Waals surface area contributed by atoms with Crippen LogP contribution >= 0.6 is 0 Å². The minimum absolute atomic E-state index is 0.0519. The van der Waals surface area contributed by atoms with E-state index in [4.69, 9.17) is 4.74 Å². The van der Waals surface area contributed by atoms with Crippen LogP contribution in [0, 0.1) is 5.92 Å². The van der Waals surface area contributed by atoms with E-state index in [0.717, 1.165) is 5.56 Å². The SMILES string of the molecule is CCC(O)(c1cccc(OC(=O)Nc2ccc(C(C)C)cc2)c1)C(C)C. The third-order valence-corrected chi connectivity index (χ3v) is 4.86. The number of carbonyl (C=O) groups excluding carboxylic acids is 1. The average Bonchev–Trinajstić information content (AvgIpc) is 2.61. The quantitative estimate of drug-likeness (QED) is 0.701. The lowest BCUT2D eigenvalue weighted by Gasteiger charge is -2.31. The molecule has 1 unspecified atom stereocenters. The van der Waals surface area contributed by atoms with Gasteiger partial charge in [0.25, 0.3) is 0 Å². The number of amides is 1. The van der Waals surface area contributed by atoms with E-state index in [9.17, 15) is 9.90 Å². The van der Waals surface area contributed by atoms with Crippen molar-refractivity contribution in [1.82, 2.24) is 0 Å². The van der Waals surface area contributed by atoms with Crippen LogP contribution in [0.2, 0.25) is 0 Å². The highest BCUT2D eigenvalue weighted by Crippen LogP contribution is 2.34. The van der Waals surface area contributed by atoms with Gasteiger partial charge in [0.1, 0.15) is 5.75 Å². The lowest BCUT2D eigenvalue weighted by atomic mass is 9.81. The van der Waals surface area contributed by atoms with Crippen molar-refractivity contribution in [3.05, 3.63) is 59.7 Å². The summed E-state index contributed by atoms with van der Waals surface area (Å²) in [7, 11) is 0. The molecule has 0 aromatic heterocycles. The predicted molar refractivity (Wildman–Crippen MR) is 106 cm³/mol. The second kappa shape index (κ2) is 8.37. The second-order valence-corrected chi connectivity index (χ2v) is 7.25. The van der Waals surface area contributed by atoms with Gasteiger partial charge in [0.2, 0.25) is 0 Å². The number of rotatable bonds is 6. The Hall–Kier alpha value is -2.33. The minimum atomic E-state index is -0.942. The molecule has 2 N–H and O–H groups in total. The fourth-order valence-electron chi connectivity index (χ4n) is 2.98. The van der Waals surface area contributed by atoms with Crippen molar-refractivity contribution in [3.8, 4) is 5.75 Å². The monoisotopic (exact) mass is 355 g/mol. The molecule has 0 fully saturated rings. The molecular formula is C22H29NO3. The first-order valence-electron chi connectivity index (χ1n) is 9.18. The van der Waals surface area contributed by atoms with Crippen LogP contribution in [-0.2, 0) is 5.60 Å². The third-order valence-electron chi connectivity index (χ3n) is 4.86. The molecule has 1 atom stereocenters. The van der Waals surface area contributed by atoms with Gasteiger partial charge in [0.15, 0.2) is 0 Å². The van der Waals surface area contributed by atoms with Crippen LogP contribution in [0.15, 0.2) is 48.5 Å². The first-order valence-corrected chi connectivity index (χ1v) is 9.18. The number of hydrogen-bond donors (Lipinski definition) is 2. The lowest BCUT2D eigenvalue weighted by Crippen LogP contribution is -2.31. The largest absolute Gasteiger partial charge is 0.417 e. The van der Waals surface area contributed by atoms with Crippen molar-refractivity contribution >= 4 is 11.8 Å². The Labute approximate surface area is 156 Å². The molecule has 0 radical (unpaired) electrons. The summed E-state index contributed by atoms with van der Waals surface area (Å²) in [5.74, 6) is 0.902. The van der Waals surface area contributed by atoms with E-state index in [1.165, 1.54) is 5.56 Å². The number of anilines is 1. The van der Waals surface area contributed by atoms with E-state index in [-0.39, 0.29) is 5.92 Å². The Bertz CT molecular complexity index is 737. The highest BCUT2D eigenvalue weighted by Gasteiger charge is 2.31. The molecule has 1 amide bonds. The third kappa shape index (κ3) is 4.64. The zero-order valence-electron chi connectivity index (χ0n) is 16.2. The van der Waals surface area contributed by atoms with Crippen molar-refractivity contribution in [2.24, 2.45) is 5.92 Å². The zero-order valence-corrected chi connectivity index (χ0v) is 16.2. The Kier molecular flexibility index (Phi) is 6.43. The molecule has 2 rings (SSSR count). The Morgan fingerprint density at radius 3 is 2.31 bits per heavy atom. The summed E-state index contributed by atoms with van der Waals surface area (Å²) in [6.07, 6.45) is 0.0340. The first-order chi connectivity index (χ1) is 12.3. The lowest BCUT2D eigenvalue weighted by molar-refractivity contribution is -0.0141. The van der Waals surface area contributed by atoms with Gasteiger partial charge in [-0.1, -0.05) is 58.9 Å². The first kappa shape index (κ1) is 20.0. The van der Waals surface area contributed by atoms with E-state index in [0.29, 0.717) is 23.8 Å². The molecule has 2 aromatic rings. The zero-order chi connectivity index (χ0) is 19.3. The summed E-state index contributed by atoms with van der Waals surface area (Å²) in [4.78, 5) is 12.2. The summed E-state index contributed by atoms with van der Waals surface area (Å²) < 4.78 is 5.39. The molecule has 0 aliphatic heterocycles. The summed E-state index contributed by atoms with van der Waals surface area (Å²) in [5.41, 5.74) is 1.70. The number of hydrogen-bond acceptors (Lipinski definition) is 3. The van der Waals surface area contributed by atoms with E-state index in [2.05, 4.69) is 19.2 Å². The molecule has 2 aromatic carbocycles. The molecule has 0 spiro atoms. The van der Waals surface area contributed by atoms with Crippen molar-refractivity contribution in [2.75, 3.05) is 5.32 Å². The topological polar surface area (TPSA) is 58.6 Å². The number of nitrogens with one attached hydrogen (secondary N) is 1. The maximum atomic E-state index is 12.2. The van der Waals surface area contributed by atoms with Crippen LogP contribution in [0.1, 0.15) is 58.1 Å². The smallest absolute Gasteiger partial charge is 0.410 e. The van der Waals surface area contributed by atoms with Crippen LogP contribution < -0.4 is 10.1 Å². The minimum Gasteiger partial charge on any atom is -0.410 e. The highest BCUT2D eigenvalue weighted by atomic mass is 16.6. The van der Waals surface area contributed by atoms with Crippen molar-refractivity contribution in [1.29, 1.82) is 0 Å². The molecule has 0 aliphatic rings. The van der Waals surface area contributed by atoms with E-state index < -0.39 is 11.7 Å². The Morgan fingerprint density at radius 1 is 1.12 bits per heavy atom. The van der Waals surface area contributed by atoms with Gasteiger partial charge >= 0.3 is 6.09 Å².